The van der Waals surface area contributed by atoms with E-state index in [9.17, 15) is 9.59 Å². The van der Waals surface area contributed by atoms with Crippen molar-refractivity contribution in [2.24, 2.45) is 0 Å². The number of ketones is 1. The first kappa shape index (κ1) is 22.5. The van der Waals surface area contributed by atoms with Crippen molar-refractivity contribution in [3.63, 3.8) is 0 Å². The molecule has 162 valence electrons. The van der Waals surface area contributed by atoms with Crippen molar-refractivity contribution in [1.29, 1.82) is 0 Å². The summed E-state index contributed by atoms with van der Waals surface area (Å²) in [6, 6.07) is 15.8. The lowest BCUT2D eigenvalue weighted by molar-refractivity contribution is -0.119. The van der Waals surface area contributed by atoms with E-state index in [-0.39, 0.29) is 17.2 Å². The number of anilines is 2. The summed E-state index contributed by atoms with van der Waals surface area (Å²) in [6.07, 6.45) is 4.32. The van der Waals surface area contributed by atoms with Crippen LogP contribution in [0.1, 0.15) is 62.9 Å². The number of hydrogen-bond acceptors (Lipinski definition) is 4. The molecule has 0 radical (unpaired) electrons. The second-order valence-corrected chi connectivity index (χ2v) is 8.88. The first-order valence-corrected chi connectivity index (χ1v) is 10.8. The predicted molar refractivity (Wildman–Crippen MR) is 127 cm³/mol. The Bertz CT molecular complexity index is 1070. The zero-order valence-electron chi connectivity index (χ0n) is 18.8. The summed E-state index contributed by atoms with van der Waals surface area (Å²) in [4.78, 5) is 29.6. The number of amides is 1. The molecule has 3 rings (SSSR count). The van der Waals surface area contributed by atoms with E-state index in [0.717, 1.165) is 34.3 Å². The number of fused-ring (bicyclic) bond motifs is 1. The first-order chi connectivity index (χ1) is 14.8. The maximum atomic E-state index is 13.1. The molecule has 0 aliphatic heterocycles. The molecule has 0 bridgehead atoms. The molecule has 0 fully saturated rings. The third-order valence-electron chi connectivity index (χ3n) is 4.93. The van der Waals surface area contributed by atoms with Gasteiger partial charge in [0.15, 0.2) is 0 Å². The van der Waals surface area contributed by atoms with Gasteiger partial charge < -0.3 is 10.6 Å². The van der Waals surface area contributed by atoms with Gasteiger partial charge in [-0.2, -0.15) is 0 Å². The van der Waals surface area contributed by atoms with Gasteiger partial charge >= 0.3 is 0 Å². The summed E-state index contributed by atoms with van der Waals surface area (Å²) in [6.45, 7) is 7.88. The Morgan fingerprint density at radius 3 is 2.42 bits per heavy atom. The molecule has 0 atom stereocenters. The van der Waals surface area contributed by atoms with Gasteiger partial charge in [-0.15, -0.1) is 0 Å². The number of aromatic nitrogens is 1. The Labute approximate surface area is 184 Å². The van der Waals surface area contributed by atoms with E-state index in [1.807, 2.05) is 76.2 Å². The van der Waals surface area contributed by atoms with Crippen LogP contribution >= 0.6 is 0 Å². The SMILES string of the molecule is CCCC(=O)CCc1ccc2ncc(C(=O)NC(C)(C)C)c(Nc3ccccc3)c2c1. The van der Waals surface area contributed by atoms with Crippen molar-refractivity contribution >= 4 is 34.0 Å². The maximum Gasteiger partial charge on any atom is 0.255 e. The maximum absolute atomic E-state index is 13.1. The van der Waals surface area contributed by atoms with Crippen LogP contribution in [0.2, 0.25) is 0 Å². The Balaban J connectivity index is 2.04. The molecule has 0 saturated carbocycles. The predicted octanol–water partition coefficient (Wildman–Crippen LogP) is 5.81. The number of carbonyl (C=O) groups is 2. The molecule has 2 N–H and O–H groups in total. The first-order valence-electron chi connectivity index (χ1n) is 10.8. The van der Waals surface area contributed by atoms with E-state index in [4.69, 9.17) is 0 Å². The monoisotopic (exact) mass is 417 g/mol. The van der Waals surface area contributed by atoms with Gasteiger partial charge in [0, 0.05) is 35.7 Å². The van der Waals surface area contributed by atoms with Gasteiger partial charge in [-0.25, -0.2) is 0 Å². The van der Waals surface area contributed by atoms with Gasteiger partial charge in [0.2, 0.25) is 0 Å². The van der Waals surface area contributed by atoms with Crippen molar-refractivity contribution in [2.75, 3.05) is 5.32 Å². The molecule has 2 aromatic carbocycles. The highest BCUT2D eigenvalue weighted by Crippen LogP contribution is 2.30. The number of Topliss-reactive ketones (excluding diaryl/α,β-unsaturated/α-hetero) is 1. The third kappa shape index (κ3) is 6.14. The number of rotatable bonds is 8. The molecule has 1 heterocycles. The number of aryl methyl sites for hydroxylation is 1. The Hall–Kier alpha value is -3.21. The zero-order valence-corrected chi connectivity index (χ0v) is 18.8. The third-order valence-corrected chi connectivity index (χ3v) is 4.93. The van der Waals surface area contributed by atoms with Crippen LogP contribution in [0.25, 0.3) is 10.9 Å². The summed E-state index contributed by atoms with van der Waals surface area (Å²) < 4.78 is 0. The minimum absolute atomic E-state index is 0.177. The van der Waals surface area contributed by atoms with Gasteiger partial charge in [-0.1, -0.05) is 31.2 Å². The van der Waals surface area contributed by atoms with Gasteiger partial charge in [0.25, 0.3) is 5.91 Å². The zero-order chi connectivity index (χ0) is 22.4. The van der Waals surface area contributed by atoms with E-state index in [2.05, 4.69) is 15.6 Å². The number of para-hydroxylation sites is 1. The molecule has 1 aromatic heterocycles. The fraction of sp³-hybridized carbons (Fsp3) is 0.346. The minimum atomic E-state index is -0.364. The molecular weight excluding hydrogens is 386 g/mol. The number of pyridine rings is 1. The van der Waals surface area contributed by atoms with Gasteiger partial charge in [-0.05, 0) is 63.4 Å². The van der Waals surface area contributed by atoms with Crippen LogP contribution in [-0.2, 0) is 11.2 Å². The molecule has 0 aliphatic carbocycles. The van der Waals surface area contributed by atoms with Gasteiger partial charge in [0.05, 0.1) is 16.8 Å². The summed E-state index contributed by atoms with van der Waals surface area (Å²) >= 11 is 0. The molecule has 0 unspecified atom stereocenters. The van der Waals surface area contributed by atoms with E-state index >= 15 is 0 Å². The number of carbonyl (C=O) groups excluding carboxylic acids is 2. The Morgan fingerprint density at radius 2 is 1.74 bits per heavy atom. The number of benzene rings is 2. The summed E-state index contributed by atoms with van der Waals surface area (Å²) in [5.41, 5.74) is 3.60. The van der Waals surface area contributed by atoms with E-state index in [0.29, 0.717) is 24.8 Å². The number of nitrogens with one attached hydrogen (secondary N) is 2. The Morgan fingerprint density at radius 1 is 1.00 bits per heavy atom. The lowest BCUT2D eigenvalue weighted by atomic mass is 10.0. The highest BCUT2D eigenvalue weighted by molar-refractivity contribution is 6.08. The molecular formula is C26H31N3O2. The fourth-order valence-electron chi connectivity index (χ4n) is 3.46. The molecule has 0 saturated heterocycles. The summed E-state index contributed by atoms with van der Waals surface area (Å²) in [5.74, 6) is 0.102. The Kier molecular flexibility index (Phi) is 7.06. The summed E-state index contributed by atoms with van der Waals surface area (Å²) in [7, 11) is 0. The van der Waals surface area contributed by atoms with E-state index in [1.165, 1.54) is 0 Å². The molecule has 3 aromatic rings. The second kappa shape index (κ2) is 9.73. The molecule has 1 amide bonds. The lowest BCUT2D eigenvalue weighted by Crippen LogP contribution is -2.40. The normalized spacial score (nSPS) is 11.4. The molecule has 5 heteroatoms. The summed E-state index contributed by atoms with van der Waals surface area (Å²) in [5, 5.41) is 7.32. The van der Waals surface area contributed by atoms with Gasteiger partial charge in [-0.3, -0.25) is 14.6 Å². The van der Waals surface area contributed by atoms with Crippen LogP contribution < -0.4 is 10.6 Å². The largest absolute Gasteiger partial charge is 0.354 e. The standard InChI is InChI=1S/C26H31N3O2/c1-5-9-20(30)14-12-18-13-15-23-21(16-18)24(28-19-10-7-6-8-11-19)22(17-27-23)25(31)29-26(2,3)4/h6-8,10-11,13,15-17H,5,9,12,14H2,1-4H3,(H,27,28)(H,29,31). The van der Waals surface area contributed by atoms with E-state index < -0.39 is 0 Å². The van der Waals surface area contributed by atoms with Crippen LogP contribution in [-0.4, -0.2) is 22.2 Å². The van der Waals surface area contributed by atoms with Crippen molar-refractivity contribution < 1.29 is 9.59 Å². The van der Waals surface area contributed by atoms with Crippen molar-refractivity contribution in [1.82, 2.24) is 10.3 Å². The molecule has 0 spiro atoms. The number of nitrogens with zero attached hydrogens (tertiary/aromatic N) is 1. The average Bonchev–Trinajstić information content (AvgIpc) is 2.72. The van der Waals surface area contributed by atoms with Gasteiger partial charge in [0.1, 0.15) is 5.78 Å². The van der Waals surface area contributed by atoms with Crippen LogP contribution in [0.3, 0.4) is 0 Å². The van der Waals surface area contributed by atoms with Crippen molar-refractivity contribution in [3.8, 4) is 0 Å². The lowest BCUT2D eigenvalue weighted by Gasteiger charge is -2.22. The molecule has 31 heavy (non-hydrogen) atoms. The highest BCUT2D eigenvalue weighted by Gasteiger charge is 2.20. The minimum Gasteiger partial charge on any atom is -0.354 e. The van der Waals surface area contributed by atoms with E-state index in [1.54, 1.807) is 6.20 Å². The average molecular weight is 418 g/mol. The number of hydrogen-bond donors (Lipinski definition) is 2. The highest BCUT2D eigenvalue weighted by atomic mass is 16.2. The van der Waals surface area contributed by atoms with Crippen LogP contribution in [0.4, 0.5) is 11.4 Å². The quantitative estimate of drug-likeness (QED) is 0.485. The van der Waals surface area contributed by atoms with Crippen molar-refractivity contribution in [3.05, 3.63) is 65.9 Å². The second-order valence-electron chi connectivity index (χ2n) is 8.88. The molecule has 0 aliphatic rings. The van der Waals surface area contributed by atoms with Crippen molar-refractivity contribution in [2.45, 2.75) is 58.9 Å². The smallest absolute Gasteiger partial charge is 0.255 e. The van der Waals surface area contributed by atoms with Crippen LogP contribution in [0.15, 0.2) is 54.7 Å². The van der Waals surface area contributed by atoms with Crippen LogP contribution in [0, 0.1) is 0 Å². The molecule has 5 nitrogen and oxygen atoms in total. The van der Waals surface area contributed by atoms with Crippen LogP contribution in [0.5, 0.6) is 0 Å². The fourth-order valence-corrected chi connectivity index (χ4v) is 3.46. The topological polar surface area (TPSA) is 71.1 Å².